The first-order valence-corrected chi connectivity index (χ1v) is 8.35. The molecule has 2 rings (SSSR count). The zero-order valence-corrected chi connectivity index (χ0v) is 13.3. The first-order chi connectivity index (χ1) is 9.95. The van der Waals surface area contributed by atoms with Crippen LogP contribution in [0, 0.1) is 5.82 Å². The number of halogens is 2. The van der Waals surface area contributed by atoms with Crippen LogP contribution in [-0.2, 0) is 22.3 Å². The van der Waals surface area contributed by atoms with Crippen LogP contribution in [0.15, 0.2) is 46.9 Å². The van der Waals surface area contributed by atoms with Gasteiger partial charge in [-0.1, -0.05) is 34.1 Å². The van der Waals surface area contributed by atoms with Gasteiger partial charge in [0.2, 0.25) is 0 Å². The molecule has 110 valence electrons. The monoisotopic (exact) mass is 370 g/mol. The van der Waals surface area contributed by atoms with E-state index in [1.54, 1.807) is 24.3 Å². The highest BCUT2D eigenvalue weighted by Crippen LogP contribution is 2.18. The van der Waals surface area contributed by atoms with Crippen LogP contribution >= 0.6 is 15.9 Å². The van der Waals surface area contributed by atoms with Gasteiger partial charge in [-0.3, -0.25) is 4.21 Å². The average Bonchev–Trinajstić information content (AvgIpc) is 2.42. The van der Waals surface area contributed by atoms with Crippen LogP contribution in [0.4, 0.5) is 4.39 Å². The van der Waals surface area contributed by atoms with Gasteiger partial charge < -0.3 is 5.11 Å². The predicted molar refractivity (Wildman–Crippen MR) is 83.1 cm³/mol. The molecule has 0 amide bonds. The minimum atomic E-state index is -1.31. The van der Waals surface area contributed by atoms with Crippen LogP contribution in [-0.4, -0.2) is 15.3 Å². The highest BCUT2D eigenvalue weighted by molar-refractivity contribution is 9.10. The molecular weight excluding hydrogens is 359 g/mol. The smallest absolute Gasteiger partial charge is 0.335 e. The van der Waals surface area contributed by atoms with E-state index in [4.69, 9.17) is 5.11 Å². The number of hydrogen-bond acceptors (Lipinski definition) is 2. The summed E-state index contributed by atoms with van der Waals surface area (Å²) in [6.45, 7) is 0. The fourth-order valence-corrected chi connectivity index (χ4v) is 3.41. The molecule has 1 unspecified atom stereocenters. The summed E-state index contributed by atoms with van der Waals surface area (Å²) in [5, 5.41) is 8.91. The van der Waals surface area contributed by atoms with Gasteiger partial charge in [0.25, 0.3) is 0 Å². The topological polar surface area (TPSA) is 54.4 Å². The summed E-state index contributed by atoms with van der Waals surface area (Å²) in [7, 11) is -1.31. The van der Waals surface area contributed by atoms with E-state index in [9.17, 15) is 13.4 Å². The second-order valence-corrected chi connectivity index (χ2v) is 6.84. The maximum atomic E-state index is 13.7. The summed E-state index contributed by atoms with van der Waals surface area (Å²) < 4.78 is 26.4. The number of benzene rings is 2. The number of carboxylic acid groups (broad SMARTS) is 1. The maximum absolute atomic E-state index is 13.7. The molecule has 0 aliphatic carbocycles. The summed E-state index contributed by atoms with van der Waals surface area (Å²) in [6, 6.07) is 10.9. The van der Waals surface area contributed by atoms with Gasteiger partial charge in [0, 0.05) is 26.6 Å². The Labute approximate surface area is 132 Å². The Kier molecular flexibility index (Phi) is 5.25. The molecule has 0 spiro atoms. The van der Waals surface area contributed by atoms with Crippen LogP contribution in [0.1, 0.15) is 21.5 Å². The summed E-state index contributed by atoms with van der Waals surface area (Å²) in [4.78, 5) is 10.9. The molecule has 3 nitrogen and oxygen atoms in total. The van der Waals surface area contributed by atoms with E-state index in [1.165, 1.54) is 18.2 Å². The number of rotatable bonds is 5. The molecule has 1 atom stereocenters. The zero-order chi connectivity index (χ0) is 15.4. The van der Waals surface area contributed by atoms with Crippen molar-refractivity contribution in [2.75, 3.05) is 0 Å². The number of aromatic carboxylic acids is 1. The lowest BCUT2D eigenvalue weighted by atomic mass is 10.1. The van der Waals surface area contributed by atoms with Crippen molar-refractivity contribution in [3.05, 3.63) is 69.4 Å². The van der Waals surface area contributed by atoms with E-state index in [-0.39, 0.29) is 17.1 Å². The second kappa shape index (κ2) is 6.95. The molecule has 2 aromatic rings. The predicted octanol–water partition coefficient (Wildman–Crippen LogP) is 3.74. The molecule has 0 fully saturated rings. The van der Waals surface area contributed by atoms with Crippen molar-refractivity contribution in [2.45, 2.75) is 11.5 Å². The van der Waals surface area contributed by atoms with Crippen LogP contribution in [0.25, 0.3) is 0 Å². The fraction of sp³-hybridized carbons (Fsp3) is 0.133. The quantitative estimate of drug-likeness (QED) is 0.871. The summed E-state index contributed by atoms with van der Waals surface area (Å²) in [5.74, 6) is -1.15. The van der Waals surface area contributed by atoms with Crippen molar-refractivity contribution >= 4 is 32.7 Å². The van der Waals surface area contributed by atoms with Crippen molar-refractivity contribution < 1.29 is 18.5 Å². The first kappa shape index (κ1) is 15.9. The van der Waals surface area contributed by atoms with Gasteiger partial charge in [-0.15, -0.1) is 0 Å². The molecule has 0 bridgehead atoms. The van der Waals surface area contributed by atoms with E-state index in [2.05, 4.69) is 15.9 Å². The van der Waals surface area contributed by atoms with Gasteiger partial charge in [-0.25, -0.2) is 9.18 Å². The van der Waals surface area contributed by atoms with E-state index >= 15 is 0 Å². The molecule has 21 heavy (non-hydrogen) atoms. The third kappa shape index (κ3) is 4.47. The molecule has 1 N–H and O–H groups in total. The van der Waals surface area contributed by atoms with Gasteiger partial charge in [-0.05, 0) is 29.8 Å². The molecule has 0 radical (unpaired) electrons. The number of hydrogen-bond donors (Lipinski definition) is 1. The van der Waals surface area contributed by atoms with Gasteiger partial charge >= 0.3 is 5.97 Å². The Hall–Kier alpha value is -1.53. The van der Waals surface area contributed by atoms with Crippen molar-refractivity contribution in [3.63, 3.8) is 0 Å². The van der Waals surface area contributed by atoms with Crippen molar-refractivity contribution in [1.29, 1.82) is 0 Å². The maximum Gasteiger partial charge on any atom is 0.335 e. The first-order valence-electron chi connectivity index (χ1n) is 6.07. The Morgan fingerprint density at radius 2 is 1.95 bits per heavy atom. The van der Waals surface area contributed by atoms with E-state index in [1.807, 2.05) is 0 Å². The van der Waals surface area contributed by atoms with Crippen molar-refractivity contribution in [2.24, 2.45) is 0 Å². The molecule has 0 saturated heterocycles. The minimum absolute atomic E-state index is 0.0937. The normalized spacial score (nSPS) is 12.1. The number of carbonyl (C=O) groups is 1. The third-order valence-corrected chi connectivity index (χ3v) is 4.61. The lowest BCUT2D eigenvalue weighted by Crippen LogP contribution is -2.03. The second-order valence-electron chi connectivity index (χ2n) is 4.47. The van der Waals surface area contributed by atoms with Gasteiger partial charge in [0.05, 0.1) is 11.3 Å². The summed E-state index contributed by atoms with van der Waals surface area (Å²) >= 11 is 3.17. The Morgan fingerprint density at radius 3 is 2.62 bits per heavy atom. The minimum Gasteiger partial charge on any atom is -0.478 e. The molecule has 0 aliphatic heterocycles. The molecule has 0 aromatic heterocycles. The molecular formula is C15H12BrFO3S. The van der Waals surface area contributed by atoms with Crippen LogP contribution < -0.4 is 0 Å². The molecule has 2 aromatic carbocycles. The standard InChI is InChI=1S/C15H12BrFO3S/c16-13-5-4-12(14(17)7-13)9-21(20)8-10-2-1-3-11(6-10)15(18)19/h1-7H,8-9H2,(H,18,19). The lowest BCUT2D eigenvalue weighted by Gasteiger charge is -2.05. The highest BCUT2D eigenvalue weighted by atomic mass is 79.9. The third-order valence-electron chi connectivity index (χ3n) is 2.83. The van der Waals surface area contributed by atoms with E-state index in [0.717, 1.165) is 0 Å². The van der Waals surface area contributed by atoms with Crippen LogP contribution in [0.3, 0.4) is 0 Å². The van der Waals surface area contributed by atoms with Crippen molar-refractivity contribution in [3.8, 4) is 0 Å². The molecule has 0 aliphatic rings. The zero-order valence-electron chi connectivity index (χ0n) is 10.9. The van der Waals surface area contributed by atoms with Gasteiger partial charge in [0.1, 0.15) is 5.82 Å². The van der Waals surface area contributed by atoms with Gasteiger partial charge in [-0.2, -0.15) is 0 Å². The van der Waals surface area contributed by atoms with E-state index in [0.29, 0.717) is 15.6 Å². The fourth-order valence-electron chi connectivity index (χ4n) is 1.84. The van der Waals surface area contributed by atoms with Crippen LogP contribution in [0.2, 0.25) is 0 Å². The Bertz CT molecular complexity index is 703. The Morgan fingerprint density at radius 1 is 1.19 bits per heavy atom. The Balaban J connectivity index is 2.08. The highest BCUT2D eigenvalue weighted by Gasteiger charge is 2.10. The summed E-state index contributed by atoms with van der Waals surface area (Å²) in [6.07, 6.45) is 0. The average molecular weight is 371 g/mol. The van der Waals surface area contributed by atoms with Crippen molar-refractivity contribution in [1.82, 2.24) is 0 Å². The largest absolute Gasteiger partial charge is 0.478 e. The molecule has 0 saturated carbocycles. The molecule has 0 heterocycles. The van der Waals surface area contributed by atoms with E-state index < -0.39 is 22.6 Å². The number of carboxylic acids is 1. The van der Waals surface area contributed by atoms with Crippen LogP contribution in [0.5, 0.6) is 0 Å². The van der Waals surface area contributed by atoms with Gasteiger partial charge in [0.15, 0.2) is 0 Å². The molecule has 6 heteroatoms. The SMILES string of the molecule is O=C(O)c1cccc(CS(=O)Cc2ccc(Br)cc2F)c1. The lowest BCUT2D eigenvalue weighted by molar-refractivity contribution is 0.0696. The summed E-state index contributed by atoms with van der Waals surface area (Å²) in [5.41, 5.74) is 1.19.